The van der Waals surface area contributed by atoms with E-state index in [0.717, 1.165) is 19.7 Å². The number of nitrogens with one attached hydrogen (secondary N) is 1. The highest BCUT2D eigenvalue weighted by Gasteiger charge is 1.93. The number of rotatable bonds is 17. The Morgan fingerprint density at radius 3 is 1.95 bits per heavy atom. The van der Waals surface area contributed by atoms with Crippen LogP contribution in [0, 0.1) is 0 Å². The van der Waals surface area contributed by atoms with Crippen LogP contribution >= 0.6 is 0 Å². The monoisotopic (exact) mass is 289 g/mol. The van der Waals surface area contributed by atoms with Crippen molar-refractivity contribution >= 4 is 0 Å². The van der Waals surface area contributed by atoms with Crippen LogP contribution in [0.2, 0.25) is 0 Å². The van der Waals surface area contributed by atoms with E-state index in [1.165, 1.54) is 51.4 Å². The molecule has 0 aliphatic carbocycles. The van der Waals surface area contributed by atoms with Crippen LogP contribution in [0.1, 0.15) is 58.3 Å². The molecule has 0 aliphatic heterocycles. The Hall–Kier alpha value is -0.160. The van der Waals surface area contributed by atoms with Gasteiger partial charge < -0.3 is 19.9 Å². The predicted octanol–water partition coefficient (Wildman–Crippen LogP) is 2.74. The molecule has 0 aromatic heterocycles. The topological polar surface area (TPSA) is 50.7 Å². The molecule has 0 radical (unpaired) electrons. The Morgan fingerprint density at radius 1 is 0.700 bits per heavy atom. The number of aliphatic hydroxyl groups is 1. The van der Waals surface area contributed by atoms with Gasteiger partial charge >= 0.3 is 0 Å². The van der Waals surface area contributed by atoms with E-state index >= 15 is 0 Å². The summed E-state index contributed by atoms with van der Waals surface area (Å²) in [5, 5.41) is 11.9. The summed E-state index contributed by atoms with van der Waals surface area (Å²) in [4.78, 5) is 0. The highest BCUT2D eigenvalue weighted by molar-refractivity contribution is 4.50. The van der Waals surface area contributed by atoms with Gasteiger partial charge in [-0.3, -0.25) is 0 Å². The van der Waals surface area contributed by atoms with Crippen LogP contribution < -0.4 is 5.32 Å². The van der Waals surface area contributed by atoms with Gasteiger partial charge in [0.25, 0.3) is 0 Å². The lowest BCUT2D eigenvalue weighted by Gasteiger charge is -2.06. The molecular weight excluding hydrogens is 254 g/mol. The van der Waals surface area contributed by atoms with Crippen molar-refractivity contribution in [2.75, 3.05) is 46.1 Å². The molecule has 122 valence electrons. The second kappa shape index (κ2) is 18.8. The number of aliphatic hydroxyl groups excluding tert-OH is 1. The molecule has 0 rings (SSSR count). The van der Waals surface area contributed by atoms with E-state index < -0.39 is 0 Å². The van der Waals surface area contributed by atoms with E-state index in [0.29, 0.717) is 19.8 Å². The van der Waals surface area contributed by atoms with E-state index in [-0.39, 0.29) is 6.61 Å². The average Bonchev–Trinajstić information content (AvgIpc) is 2.47. The van der Waals surface area contributed by atoms with Crippen LogP contribution in [0.15, 0.2) is 0 Å². The van der Waals surface area contributed by atoms with E-state index in [1.54, 1.807) is 0 Å². The maximum atomic E-state index is 8.51. The van der Waals surface area contributed by atoms with Crippen molar-refractivity contribution in [1.29, 1.82) is 0 Å². The fourth-order valence-electron chi connectivity index (χ4n) is 2.04. The fourth-order valence-corrected chi connectivity index (χ4v) is 2.04. The third-order valence-corrected chi connectivity index (χ3v) is 3.24. The molecule has 0 fully saturated rings. The lowest BCUT2D eigenvalue weighted by Crippen LogP contribution is -2.21. The SMILES string of the molecule is CCCCCCCCCCNCCOCCOCCO. The summed E-state index contributed by atoms with van der Waals surface area (Å²) in [6, 6.07) is 0. The molecule has 4 nitrogen and oxygen atoms in total. The van der Waals surface area contributed by atoms with Crippen LogP contribution in [0.3, 0.4) is 0 Å². The molecule has 20 heavy (non-hydrogen) atoms. The second-order valence-corrected chi connectivity index (χ2v) is 5.17. The molecule has 0 saturated heterocycles. The molecule has 0 aromatic rings. The minimum absolute atomic E-state index is 0.0835. The first-order valence-electron chi connectivity index (χ1n) is 8.39. The number of unbranched alkanes of at least 4 members (excludes halogenated alkanes) is 7. The normalized spacial score (nSPS) is 11.1. The first-order valence-corrected chi connectivity index (χ1v) is 8.39. The third kappa shape index (κ3) is 17.8. The van der Waals surface area contributed by atoms with Gasteiger partial charge in [0.1, 0.15) is 0 Å². The molecule has 0 aliphatic rings. The van der Waals surface area contributed by atoms with Gasteiger partial charge in [-0.15, -0.1) is 0 Å². The summed E-state index contributed by atoms with van der Waals surface area (Å²) in [6.07, 6.45) is 10.9. The van der Waals surface area contributed by atoms with Gasteiger partial charge in [0.15, 0.2) is 0 Å². The van der Waals surface area contributed by atoms with Gasteiger partial charge in [-0.25, -0.2) is 0 Å². The number of ether oxygens (including phenoxy) is 2. The summed E-state index contributed by atoms with van der Waals surface area (Å²) in [5.74, 6) is 0. The molecule has 0 aromatic carbocycles. The molecular formula is C16H35NO3. The highest BCUT2D eigenvalue weighted by Crippen LogP contribution is 2.07. The summed E-state index contributed by atoms with van der Waals surface area (Å²) in [7, 11) is 0. The maximum Gasteiger partial charge on any atom is 0.0701 e. The molecule has 0 atom stereocenters. The molecule has 4 heteroatoms. The Labute approximate surface area is 125 Å². The molecule has 0 saturated carbocycles. The fraction of sp³-hybridized carbons (Fsp3) is 1.00. The van der Waals surface area contributed by atoms with Crippen LogP contribution in [0.4, 0.5) is 0 Å². The zero-order chi connectivity index (χ0) is 14.7. The van der Waals surface area contributed by atoms with E-state index in [9.17, 15) is 0 Å². The largest absolute Gasteiger partial charge is 0.394 e. The van der Waals surface area contributed by atoms with Gasteiger partial charge in [-0.2, -0.15) is 0 Å². The molecule has 0 unspecified atom stereocenters. The van der Waals surface area contributed by atoms with Crippen LogP contribution in [-0.2, 0) is 9.47 Å². The van der Waals surface area contributed by atoms with Crippen molar-refractivity contribution in [3.8, 4) is 0 Å². The summed E-state index contributed by atoms with van der Waals surface area (Å²) in [6.45, 7) is 6.67. The lowest BCUT2D eigenvalue weighted by molar-refractivity contribution is 0.0340. The first-order chi connectivity index (χ1) is 9.91. The summed E-state index contributed by atoms with van der Waals surface area (Å²) >= 11 is 0. The van der Waals surface area contributed by atoms with Gasteiger partial charge in [0.05, 0.1) is 33.0 Å². The van der Waals surface area contributed by atoms with Crippen molar-refractivity contribution in [3.05, 3.63) is 0 Å². The van der Waals surface area contributed by atoms with E-state index in [4.69, 9.17) is 14.6 Å². The van der Waals surface area contributed by atoms with Crippen molar-refractivity contribution in [2.45, 2.75) is 58.3 Å². The lowest BCUT2D eigenvalue weighted by atomic mass is 10.1. The minimum Gasteiger partial charge on any atom is -0.394 e. The van der Waals surface area contributed by atoms with Crippen LogP contribution in [-0.4, -0.2) is 51.2 Å². The minimum atomic E-state index is 0.0835. The molecule has 0 spiro atoms. The molecule has 0 amide bonds. The van der Waals surface area contributed by atoms with Crippen LogP contribution in [0.5, 0.6) is 0 Å². The van der Waals surface area contributed by atoms with Crippen molar-refractivity contribution < 1.29 is 14.6 Å². The Morgan fingerprint density at radius 2 is 1.30 bits per heavy atom. The van der Waals surface area contributed by atoms with Gasteiger partial charge in [0, 0.05) is 6.54 Å². The van der Waals surface area contributed by atoms with Crippen molar-refractivity contribution in [2.24, 2.45) is 0 Å². The van der Waals surface area contributed by atoms with Gasteiger partial charge in [-0.05, 0) is 13.0 Å². The zero-order valence-electron chi connectivity index (χ0n) is 13.4. The first kappa shape index (κ1) is 19.8. The van der Waals surface area contributed by atoms with Crippen LogP contribution in [0.25, 0.3) is 0 Å². The Kier molecular flexibility index (Phi) is 18.7. The van der Waals surface area contributed by atoms with E-state index in [1.807, 2.05) is 0 Å². The van der Waals surface area contributed by atoms with Crippen molar-refractivity contribution in [3.63, 3.8) is 0 Å². The number of hydrogen-bond donors (Lipinski definition) is 2. The highest BCUT2D eigenvalue weighted by atomic mass is 16.5. The average molecular weight is 289 g/mol. The molecule has 0 heterocycles. The van der Waals surface area contributed by atoms with Crippen molar-refractivity contribution in [1.82, 2.24) is 5.32 Å². The summed E-state index contributed by atoms with van der Waals surface area (Å²) < 4.78 is 10.5. The quantitative estimate of drug-likeness (QED) is 0.404. The zero-order valence-corrected chi connectivity index (χ0v) is 13.4. The predicted molar refractivity (Wildman–Crippen MR) is 84.2 cm³/mol. The Balaban J connectivity index is 2.89. The van der Waals surface area contributed by atoms with E-state index in [2.05, 4.69) is 12.2 Å². The van der Waals surface area contributed by atoms with Gasteiger partial charge in [-0.1, -0.05) is 51.9 Å². The number of hydrogen-bond acceptors (Lipinski definition) is 4. The standard InChI is InChI=1S/C16H35NO3/c1-2-3-4-5-6-7-8-9-10-17-11-13-19-15-16-20-14-12-18/h17-18H,2-16H2,1H3. The maximum absolute atomic E-state index is 8.51. The molecule has 0 bridgehead atoms. The third-order valence-electron chi connectivity index (χ3n) is 3.24. The van der Waals surface area contributed by atoms with Gasteiger partial charge in [0.2, 0.25) is 0 Å². The molecule has 2 N–H and O–H groups in total. The smallest absolute Gasteiger partial charge is 0.0701 e. The second-order valence-electron chi connectivity index (χ2n) is 5.17. The Bertz CT molecular complexity index is 150. The summed E-state index contributed by atoms with van der Waals surface area (Å²) in [5.41, 5.74) is 0.